The van der Waals surface area contributed by atoms with Gasteiger partial charge in [0.2, 0.25) is 0 Å². The van der Waals surface area contributed by atoms with Crippen molar-refractivity contribution in [1.82, 2.24) is 5.06 Å². The smallest absolute Gasteiger partial charge is 0.161 e. The Labute approximate surface area is 114 Å². The Hall–Kier alpha value is -0.0600. The molecule has 0 aromatic carbocycles. The van der Waals surface area contributed by atoms with Crippen LogP contribution in [0.15, 0.2) is 0 Å². The number of thioether (sulfide) groups is 1. The molecule has 0 aromatic heterocycles. The summed E-state index contributed by atoms with van der Waals surface area (Å²) in [5, 5.41) is 2.57. The van der Waals surface area contributed by atoms with Crippen molar-refractivity contribution >= 4 is 17.5 Å². The van der Waals surface area contributed by atoms with Gasteiger partial charge in [-0.15, -0.1) is 11.8 Å². The second-order valence-corrected chi connectivity index (χ2v) is 8.89. The van der Waals surface area contributed by atoms with E-state index in [9.17, 15) is 4.79 Å². The number of carbonyl (C=O) groups is 1. The molecule has 3 rings (SSSR count). The number of nitrogens with zero attached hydrogens (tertiary/aromatic N) is 1. The fourth-order valence-electron chi connectivity index (χ4n) is 4.06. The second kappa shape index (κ2) is 3.15. The second-order valence-electron chi connectivity index (χ2n) is 7.54. The number of ketones is 1. The predicted octanol–water partition coefficient (Wildman–Crippen LogP) is 3.20. The number of fused-ring (bicyclic) bond motifs is 1. The summed E-state index contributed by atoms with van der Waals surface area (Å²) < 4.78 is 0. The predicted molar refractivity (Wildman–Crippen MR) is 72.9 cm³/mol. The summed E-state index contributed by atoms with van der Waals surface area (Å²) in [6.45, 7) is 12.6. The van der Waals surface area contributed by atoms with Gasteiger partial charge in [0.25, 0.3) is 0 Å². The molecule has 0 aromatic rings. The zero-order valence-corrected chi connectivity index (χ0v) is 13.0. The van der Waals surface area contributed by atoms with Gasteiger partial charge in [-0.25, -0.2) is 0 Å². The van der Waals surface area contributed by atoms with E-state index in [0.29, 0.717) is 11.2 Å². The van der Waals surface area contributed by atoms with Crippen molar-refractivity contribution in [2.24, 2.45) is 10.8 Å². The summed E-state index contributed by atoms with van der Waals surface area (Å²) in [6, 6.07) is 0. The quantitative estimate of drug-likeness (QED) is 0.675. The molecule has 102 valence electrons. The van der Waals surface area contributed by atoms with Crippen LogP contribution in [0.25, 0.3) is 0 Å². The van der Waals surface area contributed by atoms with E-state index in [4.69, 9.17) is 4.84 Å². The summed E-state index contributed by atoms with van der Waals surface area (Å²) >= 11 is 1.87. The first-order valence-corrected chi connectivity index (χ1v) is 7.65. The van der Waals surface area contributed by atoms with Crippen LogP contribution >= 0.6 is 11.8 Å². The first-order chi connectivity index (χ1) is 8.06. The Bertz CT molecular complexity index is 410. The fraction of sp³-hybridized carbons (Fsp3) is 0.929. The lowest BCUT2D eigenvalue weighted by Gasteiger charge is -2.61. The molecule has 1 aliphatic carbocycles. The third kappa shape index (κ3) is 1.14. The largest absolute Gasteiger partial charge is 0.298 e. The van der Waals surface area contributed by atoms with Crippen LogP contribution in [0, 0.1) is 10.8 Å². The van der Waals surface area contributed by atoms with E-state index in [1.807, 2.05) is 39.5 Å². The van der Waals surface area contributed by atoms with Crippen LogP contribution in [-0.4, -0.2) is 26.7 Å². The van der Waals surface area contributed by atoms with Crippen LogP contribution in [0.1, 0.15) is 54.4 Å². The van der Waals surface area contributed by atoms with E-state index >= 15 is 0 Å². The molecule has 2 saturated heterocycles. The van der Waals surface area contributed by atoms with E-state index in [2.05, 4.69) is 18.9 Å². The highest BCUT2D eigenvalue weighted by Gasteiger charge is 2.79. The summed E-state index contributed by atoms with van der Waals surface area (Å²) in [4.78, 5) is 18.4. The molecule has 4 heteroatoms. The molecule has 0 radical (unpaired) electrons. The average molecular weight is 269 g/mol. The van der Waals surface area contributed by atoms with Gasteiger partial charge < -0.3 is 0 Å². The van der Waals surface area contributed by atoms with Crippen molar-refractivity contribution in [2.45, 2.75) is 70.2 Å². The first-order valence-electron chi connectivity index (χ1n) is 6.77. The monoisotopic (exact) mass is 269 g/mol. The number of hydrogen-bond acceptors (Lipinski definition) is 4. The van der Waals surface area contributed by atoms with Crippen molar-refractivity contribution in [3.05, 3.63) is 0 Å². The number of hydroxylamine groups is 2. The summed E-state index contributed by atoms with van der Waals surface area (Å²) in [7, 11) is 0. The third-order valence-corrected chi connectivity index (χ3v) is 7.30. The highest BCUT2D eigenvalue weighted by molar-refractivity contribution is 8.01. The Morgan fingerprint density at radius 1 is 1.17 bits per heavy atom. The lowest BCUT2D eigenvalue weighted by Crippen LogP contribution is -2.73. The van der Waals surface area contributed by atoms with Gasteiger partial charge >= 0.3 is 0 Å². The molecule has 3 aliphatic rings. The van der Waals surface area contributed by atoms with Crippen LogP contribution in [-0.2, 0) is 9.63 Å². The van der Waals surface area contributed by atoms with E-state index in [1.165, 1.54) is 0 Å². The standard InChI is InChI=1S/C14H23NO2S/c1-11(2)8-7-9-15(11)17-14(18-9)12(3,4)10(16)13(14,5)6/h9H,7-8H2,1-6H3. The third-order valence-electron chi connectivity index (χ3n) is 5.17. The van der Waals surface area contributed by atoms with Gasteiger partial charge in [0.05, 0.1) is 16.2 Å². The normalized spacial score (nSPS) is 38.8. The molecule has 2 heterocycles. The maximum Gasteiger partial charge on any atom is 0.161 e. The lowest BCUT2D eigenvalue weighted by atomic mass is 9.51. The molecule has 2 aliphatic heterocycles. The average Bonchev–Trinajstić information content (AvgIpc) is 2.77. The molecular formula is C14H23NO2S. The van der Waals surface area contributed by atoms with Gasteiger partial charge in [0.15, 0.2) is 10.7 Å². The maximum atomic E-state index is 12.3. The van der Waals surface area contributed by atoms with Gasteiger partial charge in [-0.05, 0) is 54.4 Å². The van der Waals surface area contributed by atoms with Crippen molar-refractivity contribution in [1.29, 1.82) is 0 Å². The molecule has 1 saturated carbocycles. The van der Waals surface area contributed by atoms with Crippen LogP contribution in [0.2, 0.25) is 0 Å². The van der Waals surface area contributed by atoms with Crippen LogP contribution in [0.4, 0.5) is 0 Å². The van der Waals surface area contributed by atoms with Gasteiger partial charge in [-0.2, -0.15) is 5.06 Å². The summed E-state index contributed by atoms with van der Waals surface area (Å²) in [5.41, 5.74) is -0.685. The summed E-state index contributed by atoms with van der Waals surface area (Å²) in [5.74, 6) is 0.321. The van der Waals surface area contributed by atoms with Gasteiger partial charge in [0.1, 0.15) is 0 Å². The minimum atomic E-state index is -0.387. The van der Waals surface area contributed by atoms with Crippen molar-refractivity contribution in [3.63, 3.8) is 0 Å². The molecule has 0 N–H and O–H groups in total. The molecule has 1 spiro atoms. The zero-order valence-electron chi connectivity index (χ0n) is 12.2. The first kappa shape index (κ1) is 12.9. The van der Waals surface area contributed by atoms with Crippen LogP contribution < -0.4 is 0 Å². The molecule has 18 heavy (non-hydrogen) atoms. The van der Waals surface area contributed by atoms with E-state index in [1.54, 1.807) is 0 Å². The summed E-state index contributed by atoms with van der Waals surface area (Å²) in [6.07, 6.45) is 2.31. The van der Waals surface area contributed by atoms with Gasteiger partial charge in [-0.1, -0.05) is 0 Å². The zero-order chi connectivity index (χ0) is 13.6. The molecule has 0 amide bonds. The molecular weight excluding hydrogens is 246 g/mol. The van der Waals surface area contributed by atoms with Crippen molar-refractivity contribution in [3.8, 4) is 0 Å². The maximum absolute atomic E-state index is 12.3. The van der Waals surface area contributed by atoms with Crippen LogP contribution in [0.5, 0.6) is 0 Å². The molecule has 0 bridgehead atoms. The fourth-order valence-corrected chi connectivity index (χ4v) is 6.00. The Kier molecular flexibility index (Phi) is 2.27. The molecule has 1 unspecified atom stereocenters. The lowest BCUT2D eigenvalue weighted by molar-refractivity contribution is -0.301. The highest BCUT2D eigenvalue weighted by Crippen LogP contribution is 2.71. The Balaban J connectivity index is 1.99. The number of Topliss-reactive ketones (excluding diaryl/α,β-unsaturated/α-hetero) is 1. The van der Waals surface area contributed by atoms with Crippen molar-refractivity contribution in [2.75, 3.05) is 0 Å². The Morgan fingerprint density at radius 2 is 1.72 bits per heavy atom. The number of carbonyl (C=O) groups excluding carboxylic acids is 1. The number of hydrogen-bond donors (Lipinski definition) is 0. The number of rotatable bonds is 0. The SMILES string of the molecule is CC1(C)CCC2SC3(ON21)C(C)(C)C(=O)C3(C)C. The minimum Gasteiger partial charge on any atom is -0.298 e. The van der Waals surface area contributed by atoms with E-state index < -0.39 is 0 Å². The molecule has 3 nitrogen and oxygen atoms in total. The molecule has 3 fully saturated rings. The topological polar surface area (TPSA) is 29.5 Å². The van der Waals surface area contributed by atoms with Gasteiger partial charge in [0, 0.05) is 5.54 Å². The molecule has 1 atom stereocenters. The van der Waals surface area contributed by atoms with Gasteiger partial charge in [-0.3, -0.25) is 9.63 Å². The van der Waals surface area contributed by atoms with E-state index in [0.717, 1.165) is 12.8 Å². The highest BCUT2D eigenvalue weighted by atomic mass is 32.2. The van der Waals surface area contributed by atoms with E-state index in [-0.39, 0.29) is 21.3 Å². The minimum absolute atomic E-state index is 0.0893. The Morgan fingerprint density at radius 3 is 2.22 bits per heavy atom. The van der Waals surface area contributed by atoms with Crippen LogP contribution in [0.3, 0.4) is 0 Å². The van der Waals surface area contributed by atoms with Crippen molar-refractivity contribution < 1.29 is 9.63 Å².